The van der Waals surface area contributed by atoms with E-state index in [4.69, 9.17) is 9.73 Å². The maximum Gasteiger partial charge on any atom is 0.141 e. The first-order valence-electron chi connectivity index (χ1n) is 18.3. The first-order valence-corrected chi connectivity index (χ1v) is 18.3. The van der Waals surface area contributed by atoms with Crippen molar-refractivity contribution in [3.05, 3.63) is 226 Å². The molecule has 6 aromatic carbocycles. The quantitative estimate of drug-likeness (QED) is 0.201. The molecular formula is C49H37N3O. The van der Waals surface area contributed by atoms with Crippen molar-refractivity contribution >= 4 is 11.5 Å². The summed E-state index contributed by atoms with van der Waals surface area (Å²) in [5.41, 5.74) is 12.6. The highest BCUT2D eigenvalue weighted by atomic mass is 16.5. The molecule has 1 N–H and O–H groups in total. The van der Waals surface area contributed by atoms with Crippen LogP contribution in [0.25, 0.3) is 17.0 Å². The number of fused-ring (bicyclic) bond motifs is 8. The fourth-order valence-corrected chi connectivity index (χ4v) is 8.88. The summed E-state index contributed by atoms with van der Waals surface area (Å²) in [4.78, 5) is 10.0. The molecule has 0 bridgehead atoms. The molecule has 0 saturated heterocycles. The Morgan fingerprint density at radius 2 is 1.19 bits per heavy atom. The topological polar surface area (TPSA) is 46.5 Å². The van der Waals surface area contributed by atoms with Crippen LogP contribution in [-0.2, 0) is 10.8 Å². The predicted molar refractivity (Wildman–Crippen MR) is 213 cm³/mol. The molecule has 4 heteroatoms. The van der Waals surface area contributed by atoms with E-state index in [0.717, 1.165) is 62.1 Å². The number of nitrogens with one attached hydrogen (secondary N) is 1. The van der Waals surface area contributed by atoms with Gasteiger partial charge in [0.1, 0.15) is 17.3 Å². The lowest BCUT2D eigenvalue weighted by Crippen LogP contribution is -2.43. The van der Waals surface area contributed by atoms with Crippen LogP contribution in [0.2, 0.25) is 0 Å². The van der Waals surface area contributed by atoms with Crippen molar-refractivity contribution < 1.29 is 4.74 Å². The third-order valence-electron chi connectivity index (χ3n) is 11.3. The molecule has 1 aromatic heterocycles. The van der Waals surface area contributed by atoms with E-state index in [1.54, 1.807) is 0 Å². The summed E-state index contributed by atoms with van der Waals surface area (Å²) >= 11 is 0. The minimum absolute atomic E-state index is 0.116. The van der Waals surface area contributed by atoms with E-state index >= 15 is 0 Å². The molecule has 0 fully saturated rings. The number of hydrogen-bond donors (Lipinski definition) is 1. The van der Waals surface area contributed by atoms with E-state index in [0.29, 0.717) is 0 Å². The Hall–Kier alpha value is -6.52. The van der Waals surface area contributed by atoms with Crippen LogP contribution in [0.15, 0.2) is 181 Å². The molecule has 1 spiro atoms. The minimum atomic E-state index is -0.598. The van der Waals surface area contributed by atoms with Gasteiger partial charge in [-0.25, -0.2) is 4.99 Å². The Balaban J connectivity index is 1.22. The smallest absolute Gasteiger partial charge is 0.141 e. The lowest BCUT2D eigenvalue weighted by Gasteiger charge is -2.50. The number of nitrogens with zero attached hydrogens (tertiary/aromatic N) is 2. The Morgan fingerprint density at radius 1 is 0.566 bits per heavy atom. The zero-order valence-electron chi connectivity index (χ0n) is 29.6. The van der Waals surface area contributed by atoms with Gasteiger partial charge in [0.05, 0.1) is 22.8 Å². The maximum atomic E-state index is 7.09. The monoisotopic (exact) mass is 683 g/mol. The number of aliphatic imine (C=N–C) groups is 1. The van der Waals surface area contributed by atoms with E-state index in [9.17, 15) is 0 Å². The molecule has 2 aliphatic heterocycles. The van der Waals surface area contributed by atoms with Crippen molar-refractivity contribution in [2.24, 2.45) is 4.99 Å². The summed E-state index contributed by atoms with van der Waals surface area (Å²) in [6, 6.07) is 58.1. The molecule has 1 aliphatic carbocycles. The average molecular weight is 684 g/mol. The Bertz CT molecular complexity index is 2550. The van der Waals surface area contributed by atoms with E-state index in [1.165, 1.54) is 22.3 Å². The average Bonchev–Trinajstić information content (AvgIpc) is 3.23. The number of hydrogen-bond acceptors (Lipinski definition) is 4. The largest absolute Gasteiger partial charge is 0.456 e. The van der Waals surface area contributed by atoms with Crippen LogP contribution < -0.4 is 10.1 Å². The van der Waals surface area contributed by atoms with Gasteiger partial charge in [-0.2, -0.15) is 0 Å². The molecule has 53 heavy (non-hydrogen) atoms. The number of aromatic nitrogens is 1. The number of ether oxygens (including phenoxy) is 1. The summed E-state index contributed by atoms with van der Waals surface area (Å²) in [7, 11) is 0. The van der Waals surface area contributed by atoms with Crippen LogP contribution in [0.1, 0.15) is 70.0 Å². The lowest BCUT2D eigenvalue weighted by molar-refractivity contribution is 0.424. The summed E-state index contributed by atoms with van der Waals surface area (Å²) in [5, 5.41) is 3.76. The van der Waals surface area contributed by atoms with Crippen molar-refractivity contribution in [3.63, 3.8) is 0 Å². The molecule has 0 amide bonds. The molecule has 0 saturated carbocycles. The molecule has 3 aliphatic rings. The van der Waals surface area contributed by atoms with Crippen LogP contribution in [-0.4, -0.2) is 10.8 Å². The molecular weight excluding hydrogens is 647 g/mol. The second kappa shape index (κ2) is 12.0. The van der Waals surface area contributed by atoms with Crippen LogP contribution >= 0.6 is 0 Å². The van der Waals surface area contributed by atoms with E-state index in [2.05, 4.69) is 176 Å². The van der Waals surface area contributed by atoms with E-state index < -0.39 is 5.41 Å². The standard InChI is InChI=1S/C49H37N3O/c1-48(2)36-21-6-8-23-38(36)49(39-24-9-7-22-37(39)48)40-25-10-11-28-45(40)53-46-35(20-15-26-41(46)49)44-31-43(32-16-4-3-5-17-32)51-47(52-44)34-19-14-18-33(30-34)42-27-12-13-29-50-42/h3-31,43H,1-2H3,(H,51,52). The van der Waals surface area contributed by atoms with Crippen LogP contribution in [0.4, 0.5) is 0 Å². The number of amidine groups is 1. The van der Waals surface area contributed by atoms with Crippen molar-refractivity contribution in [3.8, 4) is 22.8 Å². The summed E-state index contributed by atoms with van der Waals surface area (Å²) in [6.45, 7) is 4.70. The van der Waals surface area contributed by atoms with Gasteiger partial charge in [-0.15, -0.1) is 0 Å². The third kappa shape index (κ3) is 4.75. The molecule has 1 atom stereocenters. The number of pyridine rings is 1. The van der Waals surface area contributed by atoms with Crippen LogP contribution in [0.3, 0.4) is 0 Å². The SMILES string of the molecule is CC1(C)c2ccccc2C2(c3ccccc3Oc3c(C4=CC(c5ccccc5)NC(c5cccc(-c6ccccn6)c5)=N4)cccc32)c2ccccc21. The summed E-state index contributed by atoms with van der Waals surface area (Å²) in [6.07, 6.45) is 4.07. The highest BCUT2D eigenvalue weighted by molar-refractivity contribution is 6.04. The van der Waals surface area contributed by atoms with E-state index in [-0.39, 0.29) is 11.5 Å². The lowest BCUT2D eigenvalue weighted by atomic mass is 9.53. The molecule has 254 valence electrons. The zero-order valence-corrected chi connectivity index (χ0v) is 29.6. The first kappa shape index (κ1) is 31.2. The zero-order chi connectivity index (χ0) is 35.6. The maximum absolute atomic E-state index is 7.09. The van der Waals surface area contributed by atoms with Gasteiger partial charge in [0.15, 0.2) is 0 Å². The van der Waals surface area contributed by atoms with E-state index in [1.807, 2.05) is 24.4 Å². The number of rotatable bonds is 4. The Morgan fingerprint density at radius 3 is 1.92 bits per heavy atom. The van der Waals surface area contributed by atoms with Crippen molar-refractivity contribution in [2.75, 3.05) is 0 Å². The highest BCUT2D eigenvalue weighted by Gasteiger charge is 2.53. The van der Waals surface area contributed by atoms with Crippen LogP contribution in [0.5, 0.6) is 11.5 Å². The third-order valence-corrected chi connectivity index (χ3v) is 11.3. The Kier molecular flexibility index (Phi) is 7.09. The predicted octanol–water partition coefficient (Wildman–Crippen LogP) is 11.0. The van der Waals surface area contributed by atoms with Crippen molar-refractivity contribution in [1.29, 1.82) is 0 Å². The van der Waals surface area contributed by atoms with Gasteiger partial charge in [-0.3, -0.25) is 4.98 Å². The molecule has 10 rings (SSSR count). The first-order chi connectivity index (χ1) is 26.0. The Labute approximate surface area is 310 Å². The van der Waals surface area contributed by atoms with Gasteiger partial charge in [0.25, 0.3) is 0 Å². The van der Waals surface area contributed by atoms with Gasteiger partial charge in [0, 0.05) is 39.4 Å². The fraction of sp³-hybridized carbons (Fsp3) is 0.102. The summed E-state index contributed by atoms with van der Waals surface area (Å²) < 4.78 is 7.09. The minimum Gasteiger partial charge on any atom is -0.456 e. The van der Waals surface area contributed by atoms with Gasteiger partial charge in [0.2, 0.25) is 0 Å². The molecule has 4 nitrogen and oxygen atoms in total. The fourth-order valence-electron chi connectivity index (χ4n) is 8.88. The van der Waals surface area contributed by atoms with Gasteiger partial charge >= 0.3 is 0 Å². The van der Waals surface area contributed by atoms with Crippen LogP contribution in [0, 0.1) is 0 Å². The normalized spacial score (nSPS) is 17.1. The second-order valence-corrected chi connectivity index (χ2v) is 14.6. The van der Waals surface area contributed by atoms with Crippen molar-refractivity contribution in [2.45, 2.75) is 30.7 Å². The number of para-hydroxylation sites is 2. The number of benzene rings is 6. The second-order valence-electron chi connectivity index (χ2n) is 14.6. The molecule has 0 radical (unpaired) electrons. The molecule has 3 heterocycles. The molecule has 7 aromatic rings. The molecule has 1 unspecified atom stereocenters. The summed E-state index contributed by atoms with van der Waals surface area (Å²) in [5.74, 6) is 2.49. The van der Waals surface area contributed by atoms with Gasteiger partial charge in [-0.1, -0.05) is 147 Å². The van der Waals surface area contributed by atoms with Gasteiger partial charge in [-0.05, 0) is 64.2 Å². The highest BCUT2D eigenvalue weighted by Crippen LogP contribution is 2.62. The van der Waals surface area contributed by atoms with Gasteiger partial charge < -0.3 is 10.1 Å². The van der Waals surface area contributed by atoms with Crippen molar-refractivity contribution in [1.82, 2.24) is 10.3 Å².